The van der Waals surface area contributed by atoms with Gasteiger partial charge in [0.1, 0.15) is 18.8 Å². The molecule has 3 N–H and O–H groups in total. The number of aliphatic hydroxyl groups excluding tert-OH is 2. The van der Waals surface area contributed by atoms with Gasteiger partial charge in [-0.3, -0.25) is 0 Å². The standard InChI is InChI=1S/C19H20F3NO4/c1-12-9-14(19(20,21)22)7-8-15(12)17(25)16(24)10-23-18(26)27-11-13-5-3-2-4-6-13/h2-9,16-17,24-25H,10-11H2,1H3,(H,23,26). The van der Waals surface area contributed by atoms with Crippen molar-refractivity contribution in [1.82, 2.24) is 5.32 Å². The minimum absolute atomic E-state index is 0.0450. The smallest absolute Gasteiger partial charge is 0.416 e. The number of benzene rings is 2. The summed E-state index contributed by atoms with van der Waals surface area (Å²) in [7, 11) is 0. The van der Waals surface area contributed by atoms with Crippen molar-refractivity contribution in [3.05, 3.63) is 70.8 Å². The third kappa shape index (κ3) is 5.97. The van der Waals surface area contributed by atoms with Gasteiger partial charge in [0.2, 0.25) is 0 Å². The SMILES string of the molecule is Cc1cc(C(F)(F)F)ccc1C(O)C(O)CNC(=O)OCc1ccccc1. The Labute approximate surface area is 154 Å². The number of nitrogens with one attached hydrogen (secondary N) is 1. The first-order valence-corrected chi connectivity index (χ1v) is 8.17. The third-order valence-electron chi connectivity index (χ3n) is 3.95. The molecule has 0 spiro atoms. The maximum absolute atomic E-state index is 12.7. The Balaban J connectivity index is 1.88. The minimum Gasteiger partial charge on any atom is -0.445 e. The lowest BCUT2D eigenvalue weighted by atomic mass is 9.97. The fourth-order valence-corrected chi connectivity index (χ4v) is 2.46. The van der Waals surface area contributed by atoms with Crippen molar-refractivity contribution >= 4 is 6.09 Å². The highest BCUT2D eigenvalue weighted by atomic mass is 19.4. The van der Waals surface area contributed by atoms with Gasteiger partial charge >= 0.3 is 12.3 Å². The van der Waals surface area contributed by atoms with Gasteiger partial charge in [-0.25, -0.2) is 4.79 Å². The largest absolute Gasteiger partial charge is 0.445 e. The van der Waals surface area contributed by atoms with Crippen molar-refractivity contribution in [2.75, 3.05) is 6.54 Å². The van der Waals surface area contributed by atoms with Crippen molar-refractivity contribution in [3.8, 4) is 0 Å². The first-order chi connectivity index (χ1) is 12.7. The monoisotopic (exact) mass is 383 g/mol. The molecule has 2 rings (SSSR count). The quantitative estimate of drug-likeness (QED) is 0.715. The number of alkyl halides is 3. The zero-order valence-corrected chi connectivity index (χ0v) is 14.5. The van der Waals surface area contributed by atoms with Crippen LogP contribution in [0.4, 0.5) is 18.0 Å². The van der Waals surface area contributed by atoms with E-state index in [4.69, 9.17) is 4.74 Å². The molecule has 0 heterocycles. The minimum atomic E-state index is -4.49. The topological polar surface area (TPSA) is 78.8 Å². The third-order valence-corrected chi connectivity index (χ3v) is 3.95. The zero-order chi connectivity index (χ0) is 20.0. The Morgan fingerprint density at radius 2 is 1.81 bits per heavy atom. The number of aryl methyl sites for hydroxylation is 1. The van der Waals surface area contributed by atoms with Gasteiger partial charge in [-0.15, -0.1) is 0 Å². The Bertz CT molecular complexity index is 765. The number of aliphatic hydroxyl groups is 2. The number of alkyl carbamates (subject to hydrolysis) is 1. The Morgan fingerprint density at radius 1 is 1.15 bits per heavy atom. The molecule has 2 aromatic carbocycles. The van der Waals surface area contributed by atoms with E-state index < -0.39 is 30.0 Å². The summed E-state index contributed by atoms with van der Waals surface area (Å²) >= 11 is 0. The number of carbonyl (C=O) groups is 1. The molecular weight excluding hydrogens is 363 g/mol. The molecule has 1 amide bonds. The molecule has 2 aromatic rings. The van der Waals surface area contributed by atoms with Crippen molar-refractivity contribution in [3.63, 3.8) is 0 Å². The van der Waals surface area contributed by atoms with E-state index in [9.17, 15) is 28.2 Å². The lowest BCUT2D eigenvalue weighted by Gasteiger charge is -2.21. The summed E-state index contributed by atoms with van der Waals surface area (Å²) in [6.45, 7) is 1.13. The number of hydrogen-bond donors (Lipinski definition) is 3. The molecule has 0 fully saturated rings. The van der Waals surface area contributed by atoms with Crippen molar-refractivity contribution in [1.29, 1.82) is 0 Å². The summed E-state index contributed by atoms with van der Waals surface area (Å²) in [6.07, 6.45) is -8.14. The molecule has 8 heteroatoms. The number of halogens is 3. The van der Waals surface area contributed by atoms with Gasteiger partial charge in [-0.2, -0.15) is 13.2 Å². The van der Waals surface area contributed by atoms with Gasteiger partial charge in [-0.1, -0.05) is 36.4 Å². The van der Waals surface area contributed by atoms with Crippen LogP contribution in [-0.4, -0.2) is 29.0 Å². The molecular formula is C19H20F3NO4. The summed E-state index contributed by atoms with van der Waals surface area (Å²) in [5, 5.41) is 22.5. The van der Waals surface area contributed by atoms with Gasteiger partial charge < -0.3 is 20.3 Å². The Morgan fingerprint density at radius 3 is 2.41 bits per heavy atom. The van der Waals surface area contributed by atoms with Crippen LogP contribution in [-0.2, 0) is 17.5 Å². The van der Waals surface area contributed by atoms with E-state index in [2.05, 4.69) is 5.32 Å². The highest BCUT2D eigenvalue weighted by Gasteiger charge is 2.31. The maximum Gasteiger partial charge on any atom is 0.416 e. The van der Waals surface area contributed by atoms with E-state index in [0.29, 0.717) is 0 Å². The average molecular weight is 383 g/mol. The number of ether oxygens (including phenoxy) is 1. The van der Waals surface area contributed by atoms with Crippen LogP contribution < -0.4 is 5.32 Å². The number of rotatable bonds is 6. The van der Waals surface area contributed by atoms with Crippen LogP contribution in [0.5, 0.6) is 0 Å². The molecule has 0 bridgehead atoms. The number of carbonyl (C=O) groups excluding carboxylic acids is 1. The van der Waals surface area contributed by atoms with Gasteiger partial charge in [0.05, 0.1) is 5.56 Å². The predicted octanol–water partition coefficient (Wildman–Crippen LogP) is 3.33. The fourth-order valence-electron chi connectivity index (χ4n) is 2.46. The summed E-state index contributed by atoms with van der Waals surface area (Å²) in [4.78, 5) is 11.7. The van der Waals surface area contributed by atoms with Crippen LogP contribution in [0.15, 0.2) is 48.5 Å². The molecule has 0 saturated heterocycles. The number of amides is 1. The molecule has 0 radical (unpaired) electrons. The molecule has 2 atom stereocenters. The van der Waals surface area contributed by atoms with E-state index in [1.165, 1.54) is 6.92 Å². The van der Waals surface area contributed by atoms with E-state index in [1.807, 2.05) is 6.07 Å². The normalized spacial score (nSPS) is 13.7. The second-order valence-electron chi connectivity index (χ2n) is 6.02. The van der Waals surface area contributed by atoms with E-state index >= 15 is 0 Å². The Hall–Kier alpha value is -2.58. The Kier molecular flexibility index (Phi) is 6.81. The molecule has 0 saturated carbocycles. The molecule has 0 aliphatic carbocycles. The van der Waals surface area contributed by atoms with Crippen LogP contribution in [0.25, 0.3) is 0 Å². The summed E-state index contributed by atoms with van der Waals surface area (Å²) in [6, 6.07) is 11.8. The van der Waals surface area contributed by atoms with Crippen LogP contribution in [0, 0.1) is 6.92 Å². The second-order valence-corrected chi connectivity index (χ2v) is 6.02. The van der Waals surface area contributed by atoms with Crippen LogP contribution in [0.1, 0.15) is 28.4 Å². The van der Waals surface area contributed by atoms with Gasteiger partial charge in [-0.05, 0) is 35.7 Å². The maximum atomic E-state index is 12.7. The highest BCUT2D eigenvalue weighted by molar-refractivity contribution is 5.67. The molecule has 0 aliphatic rings. The second kappa shape index (κ2) is 8.88. The van der Waals surface area contributed by atoms with Crippen LogP contribution in [0.3, 0.4) is 0 Å². The molecule has 2 unspecified atom stereocenters. The van der Waals surface area contributed by atoms with Gasteiger partial charge in [0.15, 0.2) is 0 Å². The summed E-state index contributed by atoms with van der Waals surface area (Å²) in [5.74, 6) is 0. The molecule has 0 aromatic heterocycles. The molecule has 0 aliphatic heterocycles. The lowest BCUT2D eigenvalue weighted by molar-refractivity contribution is -0.137. The molecule has 5 nitrogen and oxygen atoms in total. The first-order valence-electron chi connectivity index (χ1n) is 8.17. The van der Waals surface area contributed by atoms with Crippen LogP contribution >= 0.6 is 0 Å². The molecule has 146 valence electrons. The average Bonchev–Trinajstić information content (AvgIpc) is 2.63. The van der Waals surface area contributed by atoms with Crippen molar-refractivity contribution in [2.45, 2.75) is 31.9 Å². The summed E-state index contributed by atoms with van der Waals surface area (Å²) in [5.41, 5.74) is 0.277. The lowest BCUT2D eigenvalue weighted by Crippen LogP contribution is -2.36. The zero-order valence-electron chi connectivity index (χ0n) is 14.5. The van der Waals surface area contributed by atoms with Gasteiger partial charge in [0, 0.05) is 6.54 Å². The van der Waals surface area contributed by atoms with Crippen LogP contribution in [0.2, 0.25) is 0 Å². The summed E-state index contributed by atoms with van der Waals surface area (Å²) < 4.78 is 43.0. The highest BCUT2D eigenvalue weighted by Crippen LogP contribution is 2.32. The van der Waals surface area contributed by atoms with Crippen molar-refractivity contribution < 1.29 is 32.9 Å². The first kappa shape index (κ1) is 20.7. The van der Waals surface area contributed by atoms with Crippen molar-refractivity contribution in [2.24, 2.45) is 0 Å². The number of hydrogen-bond acceptors (Lipinski definition) is 4. The van der Waals surface area contributed by atoms with Gasteiger partial charge in [0.25, 0.3) is 0 Å². The predicted molar refractivity (Wildman–Crippen MR) is 91.8 cm³/mol. The van der Waals surface area contributed by atoms with E-state index in [-0.39, 0.29) is 24.3 Å². The van der Waals surface area contributed by atoms with E-state index in [0.717, 1.165) is 23.8 Å². The molecule has 27 heavy (non-hydrogen) atoms. The van der Waals surface area contributed by atoms with E-state index in [1.54, 1.807) is 24.3 Å². The fraction of sp³-hybridized carbons (Fsp3) is 0.316.